The molecule has 23 heavy (non-hydrogen) atoms. The summed E-state index contributed by atoms with van der Waals surface area (Å²) in [4.78, 5) is 12.3. The van der Waals surface area contributed by atoms with E-state index in [1.807, 2.05) is 41.2 Å². The molecule has 0 aliphatic carbocycles. The average molecular weight is 306 g/mol. The molecule has 5 nitrogen and oxygen atoms in total. The van der Waals surface area contributed by atoms with Gasteiger partial charge in [0.25, 0.3) is 5.91 Å². The van der Waals surface area contributed by atoms with E-state index in [9.17, 15) is 4.79 Å². The molecule has 1 aliphatic rings. The van der Waals surface area contributed by atoms with E-state index in [0.29, 0.717) is 22.7 Å². The van der Waals surface area contributed by atoms with Gasteiger partial charge in [0, 0.05) is 35.4 Å². The zero-order chi connectivity index (χ0) is 15.6. The lowest BCUT2D eigenvalue weighted by molar-refractivity contribution is 0.102. The lowest BCUT2D eigenvalue weighted by atomic mass is 10.2. The van der Waals surface area contributed by atoms with Crippen molar-refractivity contribution < 1.29 is 14.3 Å². The van der Waals surface area contributed by atoms with Crippen LogP contribution in [0.25, 0.3) is 5.69 Å². The molecule has 1 aliphatic heterocycles. The van der Waals surface area contributed by atoms with Crippen LogP contribution in [0.3, 0.4) is 0 Å². The Balaban J connectivity index is 1.51. The Morgan fingerprint density at radius 2 is 1.70 bits per heavy atom. The van der Waals surface area contributed by atoms with Gasteiger partial charge in [-0.05, 0) is 48.5 Å². The fourth-order valence-corrected chi connectivity index (χ4v) is 2.47. The van der Waals surface area contributed by atoms with E-state index >= 15 is 0 Å². The highest BCUT2D eigenvalue weighted by atomic mass is 16.7. The monoisotopic (exact) mass is 306 g/mol. The van der Waals surface area contributed by atoms with Crippen molar-refractivity contribution in [2.24, 2.45) is 0 Å². The van der Waals surface area contributed by atoms with Gasteiger partial charge in [-0.2, -0.15) is 0 Å². The largest absolute Gasteiger partial charge is 0.454 e. The smallest absolute Gasteiger partial charge is 0.255 e. The molecule has 0 unspecified atom stereocenters. The second kappa shape index (κ2) is 5.53. The predicted molar refractivity (Wildman–Crippen MR) is 86.3 cm³/mol. The number of amides is 1. The second-order valence-electron chi connectivity index (χ2n) is 5.16. The number of nitrogens with zero attached hydrogens (tertiary/aromatic N) is 1. The van der Waals surface area contributed by atoms with Crippen molar-refractivity contribution >= 4 is 11.6 Å². The maximum atomic E-state index is 12.3. The highest BCUT2D eigenvalue weighted by Gasteiger charge is 2.14. The molecule has 0 atom stereocenters. The summed E-state index contributed by atoms with van der Waals surface area (Å²) in [6.45, 7) is 0.216. The van der Waals surface area contributed by atoms with Gasteiger partial charge in [0.15, 0.2) is 11.5 Å². The van der Waals surface area contributed by atoms with Crippen LogP contribution in [-0.2, 0) is 0 Å². The predicted octanol–water partition coefficient (Wildman–Crippen LogP) is 3.46. The molecular weight excluding hydrogens is 292 g/mol. The van der Waals surface area contributed by atoms with Crippen LogP contribution in [0.4, 0.5) is 5.69 Å². The van der Waals surface area contributed by atoms with E-state index in [-0.39, 0.29) is 12.7 Å². The van der Waals surface area contributed by atoms with Crippen molar-refractivity contribution in [2.75, 3.05) is 12.1 Å². The van der Waals surface area contributed by atoms with Crippen molar-refractivity contribution in [1.82, 2.24) is 4.57 Å². The van der Waals surface area contributed by atoms with Crippen LogP contribution in [0.2, 0.25) is 0 Å². The molecule has 4 rings (SSSR count). The Morgan fingerprint density at radius 3 is 2.48 bits per heavy atom. The van der Waals surface area contributed by atoms with Crippen molar-refractivity contribution in [2.45, 2.75) is 0 Å². The van der Waals surface area contributed by atoms with Crippen molar-refractivity contribution in [3.05, 3.63) is 72.6 Å². The lowest BCUT2D eigenvalue weighted by Gasteiger charge is -2.07. The summed E-state index contributed by atoms with van der Waals surface area (Å²) in [5.41, 5.74) is 2.28. The van der Waals surface area contributed by atoms with Gasteiger partial charge in [0.2, 0.25) is 6.79 Å². The van der Waals surface area contributed by atoms with Crippen molar-refractivity contribution in [3.63, 3.8) is 0 Å². The van der Waals surface area contributed by atoms with Gasteiger partial charge in [-0.3, -0.25) is 4.79 Å². The summed E-state index contributed by atoms with van der Waals surface area (Å²) in [7, 11) is 0. The van der Waals surface area contributed by atoms with E-state index in [4.69, 9.17) is 9.47 Å². The van der Waals surface area contributed by atoms with Crippen LogP contribution >= 0.6 is 0 Å². The number of nitrogens with one attached hydrogen (secondary N) is 1. The van der Waals surface area contributed by atoms with Gasteiger partial charge in [0.1, 0.15) is 0 Å². The normalized spacial score (nSPS) is 12.2. The third-order valence-corrected chi connectivity index (χ3v) is 3.66. The molecule has 1 amide bonds. The first-order valence-corrected chi connectivity index (χ1v) is 7.24. The van der Waals surface area contributed by atoms with Gasteiger partial charge in [-0.15, -0.1) is 0 Å². The molecule has 1 N–H and O–H groups in total. The molecule has 0 spiro atoms. The molecule has 5 heteroatoms. The minimum atomic E-state index is -0.164. The molecule has 2 heterocycles. The Labute approximate surface area is 133 Å². The highest BCUT2D eigenvalue weighted by molar-refractivity contribution is 6.04. The minimum absolute atomic E-state index is 0.164. The van der Waals surface area contributed by atoms with E-state index in [1.165, 1.54) is 0 Å². The van der Waals surface area contributed by atoms with Crippen molar-refractivity contribution in [3.8, 4) is 17.2 Å². The van der Waals surface area contributed by atoms with Gasteiger partial charge in [-0.25, -0.2) is 0 Å². The molecular formula is C18H14N2O3. The van der Waals surface area contributed by atoms with Crippen LogP contribution in [0, 0.1) is 0 Å². The summed E-state index contributed by atoms with van der Waals surface area (Å²) >= 11 is 0. The van der Waals surface area contributed by atoms with E-state index < -0.39 is 0 Å². The molecule has 0 fully saturated rings. The van der Waals surface area contributed by atoms with Crippen LogP contribution < -0.4 is 14.8 Å². The first-order valence-electron chi connectivity index (χ1n) is 7.24. The van der Waals surface area contributed by atoms with E-state index in [1.54, 1.807) is 30.3 Å². The first kappa shape index (κ1) is 13.5. The Kier molecular flexibility index (Phi) is 3.24. The molecule has 114 valence electrons. The Bertz CT molecular complexity index is 839. The van der Waals surface area contributed by atoms with E-state index in [2.05, 4.69) is 5.32 Å². The number of carbonyl (C=O) groups excluding carboxylic acids is 1. The third-order valence-electron chi connectivity index (χ3n) is 3.66. The number of fused-ring (bicyclic) bond motifs is 1. The number of rotatable bonds is 3. The number of carbonyl (C=O) groups is 1. The zero-order valence-electron chi connectivity index (χ0n) is 12.2. The van der Waals surface area contributed by atoms with Gasteiger partial charge >= 0.3 is 0 Å². The van der Waals surface area contributed by atoms with Crippen LogP contribution in [0.5, 0.6) is 11.5 Å². The molecule has 3 aromatic rings. The van der Waals surface area contributed by atoms with Crippen molar-refractivity contribution in [1.29, 1.82) is 0 Å². The van der Waals surface area contributed by atoms with Gasteiger partial charge < -0.3 is 19.4 Å². The topological polar surface area (TPSA) is 52.5 Å². The molecule has 2 aromatic carbocycles. The molecule has 0 radical (unpaired) electrons. The summed E-state index contributed by atoms with van der Waals surface area (Å²) in [5, 5.41) is 2.86. The minimum Gasteiger partial charge on any atom is -0.454 e. The second-order valence-corrected chi connectivity index (χ2v) is 5.16. The quantitative estimate of drug-likeness (QED) is 0.806. The number of anilines is 1. The standard InChI is InChI=1S/C18H14N2O3/c21-18(19-14-5-8-16-17(11-14)23-12-22-16)13-3-6-15(7-4-13)20-9-1-2-10-20/h1-11H,12H2,(H,19,21). The summed E-state index contributed by atoms with van der Waals surface area (Å²) < 4.78 is 12.5. The molecule has 0 saturated carbocycles. The fourth-order valence-electron chi connectivity index (χ4n) is 2.47. The van der Waals surface area contributed by atoms with Crippen LogP contribution in [0.15, 0.2) is 67.0 Å². The maximum Gasteiger partial charge on any atom is 0.255 e. The number of hydrogen-bond acceptors (Lipinski definition) is 3. The molecule has 0 saturated heterocycles. The number of hydrogen-bond donors (Lipinski definition) is 1. The molecule has 0 bridgehead atoms. The SMILES string of the molecule is O=C(Nc1ccc2c(c1)OCO2)c1ccc(-n2cccc2)cc1. The summed E-state index contributed by atoms with van der Waals surface area (Å²) in [5.74, 6) is 1.17. The van der Waals surface area contributed by atoms with Gasteiger partial charge in [0.05, 0.1) is 0 Å². The summed E-state index contributed by atoms with van der Waals surface area (Å²) in [6, 6.07) is 16.7. The number of aromatic nitrogens is 1. The van der Waals surface area contributed by atoms with Gasteiger partial charge in [-0.1, -0.05) is 0 Å². The zero-order valence-corrected chi connectivity index (χ0v) is 12.2. The average Bonchev–Trinajstić information content (AvgIpc) is 3.26. The highest BCUT2D eigenvalue weighted by Crippen LogP contribution is 2.34. The van der Waals surface area contributed by atoms with Crippen LogP contribution in [-0.4, -0.2) is 17.3 Å². The van der Waals surface area contributed by atoms with E-state index in [0.717, 1.165) is 5.69 Å². The molecule has 1 aromatic heterocycles. The number of ether oxygens (including phenoxy) is 2. The fraction of sp³-hybridized carbons (Fsp3) is 0.0556. The Hall–Kier alpha value is -3.21. The summed E-state index contributed by atoms with van der Waals surface area (Å²) in [6.07, 6.45) is 3.92. The number of benzene rings is 2. The van der Waals surface area contributed by atoms with Crippen LogP contribution in [0.1, 0.15) is 10.4 Å². The Morgan fingerprint density at radius 1 is 0.957 bits per heavy atom. The maximum absolute atomic E-state index is 12.3. The lowest BCUT2D eigenvalue weighted by Crippen LogP contribution is -2.11. The third kappa shape index (κ3) is 2.64. The first-order chi connectivity index (χ1) is 11.3.